The maximum atomic E-state index is 11.7. The van der Waals surface area contributed by atoms with Crippen molar-refractivity contribution in [2.45, 2.75) is 13.0 Å². The number of nitro benzene ring substituents is 1. The molecule has 1 aromatic carbocycles. The number of nitro groups is 1. The van der Waals surface area contributed by atoms with Gasteiger partial charge in [-0.2, -0.15) is 0 Å². The normalized spacial score (nSPS) is 11.7. The molecule has 7 heteroatoms. The summed E-state index contributed by atoms with van der Waals surface area (Å²) in [7, 11) is 1.32. The predicted molar refractivity (Wildman–Crippen MR) is 63.7 cm³/mol. The Morgan fingerprint density at radius 3 is 2.78 bits per heavy atom. The Kier molecular flexibility index (Phi) is 4.61. The number of methoxy groups -OCH3 is 1. The Morgan fingerprint density at radius 2 is 2.28 bits per heavy atom. The molecule has 1 rings (SSSR count). The molecule has 0 saturated carbocycles. The van der Waals surface area contributed by atoms with Gasteiger partial charge in [0.05, 0.1) is 18.6 Å². The highest BCUT2D eigenvalue weighted by Crippen LogP contribution is 2.27. The van der Waals surface area contributed by atoms with E-state index in [9.17, 15) is 14.9 Å². The van der Waals surface area contributed by atoms with Crippen molar-refractivity contribution in [3.8, 4) is 5.75 Å². The number of carbonyl (C=O) groups excluding carboxylic acids is 1. The van der Waals surface area contributed by atoms with Crippen molar-refractivity contribution in [3.63, 3.8) is 0 Å². The van der Waals surface area contributed by atoms with Crippen LogP contribution in [0.25, 0.3) is 0 Å². The van der Waals surface area contributed by atoms with Crippen LogP contribution >= 0.6 is 0 Å². The highest BCUT2D eigenvalue weighted by atomic mass is 16.6. The molecule has 0 fully saturated rings. The fraction of sp³-hybridized carbons (Fsp3) is 0.364. The van der Waals surface area contributed by atoms with Crippen LogP contribution in [0.2, 0.25) is 0 Å². The second-order valence-corrected chi connectivity index (χ2v) is 3.70. The Hall–Kier alpha value is -2.15. The van der Waals surface area contributed by atoms with Gasteiger partial charge >= 0.3 is 5.69 Å². The summed E-state index contributed by atoms with van der Waals surface area (Å²) in [5.41, 5.74) is -0.135. The summed E-state index contributed by atoms with van der Waals surface area (Å²) >= 11 is 0. The van der Waals surface area contributed by atoms with Gasteiger partial charge in [-0.15, -0.1) is 0 Å². The van der Waals surface area contributed by atoms with E-state index < -0.39 is 16.9 Å². The molecule has 1 atom stereocenters. The predicted octanol–water partition coefficient (Wildman–Crippen LogP) is 0.714. The molecular formula is C11H14N2O5. The zero-order chi connectivity index (χ0) is 13.7. The summed E-state index contributed by atoms with van der Waals surface area (Å²) in [6.45, 7) is 1.42. The lowest BCUT2D eigenvalue weighted by Gasteiger charge is -2.11. The molecule has 0 aromatic heterocycles. The standard InChI is InChI=1S/C11H14N2O5/c1-7(6-14)12-11(15)8-3-4-10(18-2)9(5-8)13(16)17/h3-5,7,14H,6H2,1-2H3,(H,12,15). The molecule has 0 saturated heterocycles. The third kappa shape index (κ3) is 3.17. The van der Waals surface area contributed by atoms with Crippen LogP contribution in [-0.2, 0) is 0 Å². The highest BCUT2D eigenvalue weighted by Gasteiger charge is 2.18. The molecule has 2 N–H and O–H groups in total. The van der Waals surface area contributed by atoms with Crippen molar-refractivity contribution in [1.82, 2.24) is 5.32 Å². The van der Waals surface area contributed by atoms with Gasteiger partial charge in [-0.1, -0.05) is 0 Å². The molecule has 0 aliphatic carbocycles. The monoisotopic (exact) mass is 254 g/mol. The van der Waals surface area contributed by atoms with Gasteiger partial charge in [0.25, 0.3) is 5.91 Å². The van der Waals surface area contributed by atoms with E-state index >= 15 is 0 Å². The van der Waals surface area contributed by atoms with Gasteiger partial charge in [-0.25, -0.2) is 0 Å². The van der Waals surface area contributed by atoms with E-state index in [4.69, 9.17) is 9.84 Å². The summed E-state index contributed by atoms with van der Waals surface area (Å²) in [6, 6.07) is 3.50. The second-order valence-electron chi connectivity index (χ2n) is 3.70. The first-order chi connectivity index (χ1) is 8.49. The molecule has 7 nitrogen and oxygen atoms in total. The van der Waals surface area contributed by atoms with Crippen molar-refractivity contribution in [2.24, 2.45) is 0 Å². The van der Waals surface area contributed by atoms with Crippen molar-refractivity contribution in [3.05, 3.63) is 33.9 Å². The first-order valence-electron chi connectivity index (χ1n) is 5.23. The molecule has 98 valence electrons. The largest absolute Gasteiger partial charge is 0.490 e. The number of hydrogen-bond donors (Lipinski definition) is 2. The number of carbonyl (C=O) groups is 1. The van der Waals surface area contributed by atoms with Crippen LogP contribution in [0.1, 0.15) is 17.3 Å². The Labute approximate surface area is 104 Å². The van der Waals surface area contributed by atoms with Crippen LogP contribution in [0.3, 0.4) is 0 Å². The maximum absolute atomic E-state index is 11.7. The summed E-state index contributed by atoms with van der Waals surface area (Å²) in [4.78, 5) is 21.9. The van der Waals surface area contributed by atoms with Gasteiger partial charge in [-0.3, -0.25) is 14.9 Å². The third-order valence-corrected chi connectivity index (χ3v) is 2.29. The van der Waals surface area contributed by atoms with Gasteiger partial charge < -0.3 is 15.2 Å². The maximum Gasteiger partial charge on any atom is 0.311 e. The molecular weight excluding hydrogens is 240 g/mol. The van der Waals surface area contributed by atoms with Crippen LogP contribution in [-0.4, -0.2) is 35.7 Å². The van der Waals surface area contributed by atoms with E-state index in [0.717, 1.165) is 6.07 Å². The minimum Gasteiger partial charge on any atom is -0.490 e. The molecule has 1 amide bonds. The molecule has 0 aliphatic heterocycles. The fourth-order valence-electron chi connectivity index (χ4n) is 1.33. The van der Waals surface area contributed by atoms with Crippen LogP contribution < -0.4 is 10.1 Å². The van der Waals surface area contributed by atoms with E-state index in [1.165, 1.54) is 19.2 Å². The lowest BCUT2D eigenvalue weighted by molar-refractivity contribution is -0.385. The average Bonchev–Trinajstić information content (AvgIpc) is 2.37. The fourth-order valence-corrected chi connectivity index (χ4v) is 1.33. The number of aliphatic hydroxyl groups excluding tert-OH is 1. The first kappa shape index (κ1) is 13.9. The number of amides is 1. The first-order valence-corrected chi connectivity index (χ1v) is 5.23. The zero-order valence-corrected chi connectivity index (χ0v) is 10.0. The third-order valence-electron chi connectivity index (χ3n) is 2.29. The summed E-state index contributed by atoms with van der Waals surface area (Å²) in [5, 5.41) is 22.1. The number of ether oxygens (including phenoxy) is 1. The quantitative estimate of drug-likeness (QED) is 0.595. The number of hydrogen-bond acceptors (Lipinski definition) is 5. The second kappa shape index (κ2) is 5.97. The summed E-state index contributed by atoms with van der Waals surface area (Å²) in [6.07, 6.45) is 0. The Balaban J connectivity index is 3.01. The van der Waals surface area contributed by atoms with Crippen LogP contribution in [0.5, 0.6) is 5.75 Å². The number of rotatable bonds is 5. The SMILES string of the molecule is COc1ccc(C(=O)NC(C)CO)cc1[N+](=O)[O-]. The van der Waals surface area contributed by atoms with E-state index in [1.54, 1.807) is 6.92 Å². The van der Waals surface area contributed by atoms with Gasteiger partial charge in [0.2, 0.25) is 0 Å². The molecule has 1 aromatic rings. The summed E-state index contributed by atoms with van der Waals surface area (Å²) < 4.78 is 4.83. The van der Waals surface area contributed by atoms with Crippen molar-refractivity contribution in [1.29, 1.82) is 0 Å². The molecule has 0 heterocycles. The minimum absolute atomic E-state index is 0.0896. The lowest BCUT2D eigenvalue weighted by atomic mass is 10.1. The van der Waals surface area contributed by atoms with Gasteiger partial charge in [0.15, 0.2) is 5.75 Å². The Bertz CT molecular complexity index is 461. The van der Waals surface area contributed by atoms with E-state index in [0.29, 0.717) is 0 Å². The van der Waals surface area contributed by atoms with E-state index in [2.05, 4.69) is 5.32 Å². The van der Waals surface area contributed by atoms with Crippen molar-refractivity contribution >= 4 is 11.6 Å². The van der Waals surface area contributed by atoms with E-state index in [-0.39, 0.29) is 23.6 Å². The molecule has 0 aliphatic rings. The average molecular weight is 254 g/mol. The smallest absolute Gasteiger partial charge is 0.311 e. The zero-order valence-electron chi connectivity index (χ0n) is 10.0. The Morgan fingerprint density at radius 1 is 1.61 bits per heavy atom. The van der Waals surface area contributed by atoms with Crippen molar-refractivity contribution < 1.29 is 19.6 Å². The number of nitrogens with zero attached hydrogens (tertiary/aromatic N) is 1. The number of nitrogens with one attached hydrogen (secondary N) is 1. The molecule has 0 radical (unpaired) electrons. The van der Waals surface area contributed by atoms with Crippen LogP contribution in [0, 0.1) is 10.1 Å². The van der Waals surface area contributed by atoms with Crippen LogP contribution in [0.15, 0.2) is 18.2 Å². The number of aliphatic hydroxyl groups is 1. The summed E-state index contributed by atoms with van der Waals surface area (Å²) in [5.74, 6) is -0.394. The molecule has 1 unspecified atom stereocenters. The van der Waals surface area contributed by atoms with Gasteiger partial charge in [-0.05, 0) is 19.1 Å². The molecule has 0 bridgehead atoms. The minimum atomic E-state index is -0.620. The van der Waals surface area contributed by atoms with Crippen LogP contribution in [0.4, 0.5) is 5.69 Å². The highest BCUT2D eigenvalue weighted by molar-refractivity contribution is 5.95. The molecule has 18 heavy (non-hydrogen) atoms. The number of benzene rings is 1. The molecule has 0 spiro atoms. The topological polar surface area (TPSA) is 102 Å². The van der Waals surface area contributed by atoms with E-state index in [1.807, 2.05) is 0 Å². The van der Waals surface area contributed by atoms with Gasteiger partial charge in [0, 0.05) is 17.7 Å². The lowest BCUT2D eigenvalue weighted by Crippen LogP contribution is -2.34. The van der Waals surface area contributed by atoms with Crippen molar-refractivity contribution in [2.75, 3.05) is 13.7 Å². The van der Waals surface area contributed by atoms with Gasteiger partial charge in [0.1, 0.15) is 0 Å².